The minimum atomic E-state index is -1.74. The number of aromatic nitrogens is 3. The van der Waals surface area contributed by atoms with E-state index in [4.69, 9.17) is 21.8 Å². The highest BCUT2D eigenvalue weighted by Gasteiger charge is 2.14. The molecule has 0 spiro atoms. The molecule has 0 bridgehead atoms. The largest absolute Gasteiger partial charge is 0.363 e. The van der Waals surface area contributed by atoms with E-state index < -0.39 is 6.29 Å². The fourth-order valence-corrected chi connectivity index (χ4v) is 1.47. The van der Waals surface area contributed by atoms with Gasteiger partial charge in [0.25, 0.3) is 0 Å². The zero-order valence-electron chi connectivity index (χ0n) is 8.58. The SMILES string of the molecule is OC(O)c1ncnc(Nc2cccnc2)c1Cl. The van der Waals surface area contributed by atoms with Gasteiger partial charge in [-0.2, -0.15) is 0 Å². The van der Waals surface area contributed by atoms with Gasteiger partial charge in [-0.05, 0) is 12.1 Å². The van der Waals surface area contributed by atoms with E-state index in [-0.39, 0.29) is 16.5 Å². The zero-order valence-corrected chi connectivity index (χ0v) is 9.33. The molecule has 0 aliphatic heterocycles. The van der Waals surface area contributed by atoms with Crippen LogP contribution in [0.2, 0.25) is 5.02 Å². The van der Waals surface area contributed by atoms with Gasteiger partial charge in [-0.15, -0.1) is 0 Å². The Balaban J connectivity index is 2.31. The molecule has 88 valence electrons. The fraction of sp³-hybridized carbons (Fsp3) is 0.100. The van der Waals surface area contributed by atoms with Crippen LogP contribution in [0, 0.1) is 0 Å². The molecule has 0 aliphatic carbocycles. The smallest absolute Gasteiger partial charge is 0.197 e. The van der Waals surface area contributed by atoms with Gasteiger partial charge >= 0.3 is 0 Å². The lowest BCUT2D eigenvalue weighted by molar-refractivity contribution is -0.0457. The summed E-state index contributed by atoms with van der Waals surface area (Å²) in [5.74, 6) is 0.290. The number of aliphatic hydroxyl groups excluding tert-OH is 1. The second-order valence-electron chi connectivity index (χ2n) is 3.16. The lowest BCUT2D eigenvalue weighted by Crippen LogP contribution is -2.04. The van der Waals surface area contributed by atoms with Gasteiger partial charge in [-0.25, -0.2) is 9.97 Å². The van der Waals surface area contributed by atoms with Crippen molar-refractivity contribution in [1.29, 1.82) is 0 Å². The summed E-state index contributed by atoms with van der Waals surface area (Å²) >= 11 is 5.93. The quantitative estimate of drug-likeness (QED) is 0.712. The predicted molar refractivity (Wildman–Crippen MR) is 61.7 cm³/mol. The maximum absolute atomic E-state index is 9.04. The van der Waals surface area contributed by atoms with Crippen LogP contribution >= 0.6 is 11.6 Å². The van der Waals surface area contributed by atoms with Gasteiger partial charge in [-0.3, -0.25) is 4.98 Å². The molecule has 0 aromatic carbocycles. The molecule has 0 saturated carbocycles. The van der Waals surface area contributed by atoms with Crippen molar-refractivity contribution in [1.82, 2.24) is 15.0 Å². The van der Waals surface area contributed by atoms with E-state index in [1.54, 1.807) is 24.5 Å². The number of rotatable bonds is 3. The van der Waals surface area contributed by atoms with E-state index in [0.717, 1.165) is 0 Å². The van der Waals surface area contributed by atoms with Crippen LogP contribution in [0.25, 0.3) is 0 Å². The van der Waals surface area contributed by atoms with Crippen LogP contribution in [0.15, 0.2) is 30.9 Å². The molecule has 0 saturated heterocycles. The summed E-state index contributed by atoms with van der Waals surface area (Å²) in [6.45, 7) is 0. The number of hydrogen-bond acceptors (Lipinski definition) is 6. The molecule has 2 rings (SSSR count). The first kappa shape index (κ1) is 11.7. The van der Waals surface area contributed by atoms with Crippen LogP contribution in [0.3, 0.4) is 0 Å². The third kappa shape index (κ3) is 2.68. The molecule has 0 radical (unpaired) electrons. The third-order valence-electron chi connectivity index (χ3n) is 1.99. The minimum Gasteiger partial charge on any atom is -0.363 e. The number of halogens is 1. The standard InChI is InChI=1S/C10H9ClN4O2/c11-7-8(10(16)17)13-5-14-9(7)15-6-2-1-3-12-4-6/h1-5,10,16-17H,(H,13,14,15). The second kappa shape index (κ2) is 5.05. The topological polar surface area (TPSA) is 91.2 Å². The number of nitrogens with zero attached hydrogens (tertiary/aromatic N) is 3. The van der Waals surface area contributed by atoms with Crippen molar-refractivity contribution in [2.45, 2.75) is 6.29 Å². The number of pyridine rings is 1. The lowest BCUT2D eigenvalue weighted by Gasteiger charge is -2.10. The van der Waals surface area contributed by atoms with E-state index in [1.165, 1.54) is 6.33 Å². The highest BCUT2D eigenvalue weighted by atomic mass is 35.5. The van der Waals surface area contributed by atoms with E-state index in [0.29, 0.717) is 5.69 Å². The maximum atomic E-state index is 9.04. The molecule has 6 nitrogen and oxygen atoms in total. The summed E-state index contributed by atoms with van der Waals surface area (Å²) < 4.78 is 0. The van der Waals surface area contributed by atoms with Crippen molar-refractivity contribution < 1.29 is 10.2 Å². The molecule has 0 fully saturated rings. The summed E-state index contributed by atoms with van der Waals surface area (Å²) in [4.78, 5) is 11.5. The van der Waals surface area contributed by atoms with Gasteiger partial charge in [0.2, 0.25) is 0 Å². The lowest BCUT2D eigenvalue weighted by atomic mass is 10.3. The third-order valence-corrected chi connectivity index (χ3v) is 2.36. The average molecular weight is 253 g/mol. The second-order valence-corrected chi connectivity index (χ2v) is 3.54. The van der Waals surface area contributed by atoms with E-state index >= 15 is 0 Å². The molecule has 0 amide bonds. The van der Waals surface area contributed by atoms with Gasteiger partial charge < -0.3 is 15.5 Å². The van der Waals surface area contributed by atoms with Gasteiger partial charge in [0.05, 0.1) is 11.9 Å². The first-order chi connectivity index (χ1) is 8.18. The van der Waals surface area contributed by atoms with Crippen LogP contribution < -0.4 is 5.32 Å². The van der Waals surface area contributed by atoms with E-state index in [1.807, 2.05) is 0 Å². The van der Waals surface area contributed by atoms with Gasteiger partial charge in [0.15, 0.2) is 12.1 Å². The van der Waals surface area contributed by atoms with E-state index in [9.17, 15) is 0 Å². The summed E-state index contributed by atoms with van der Waals surface area (Å²) in [6.07, 6.45) is 2.68. The van der Waals surface area contributed by atoms with Crippen LogP contribution in [0.4, 0.5) is 11.5 Å². The van der Waals surface area contributed by atoms with Crippen molar-refractivity contribution in [3.8, 4) is 0 Å². The first-order valence-corrected chi connectivity index (χ1v) is 5.10. The molecular formula is C10H9ClN4O2. The molecule has 7 heteroatoms. The zero-order chi connectivity index (χ0) is 12.3. The van der Waals surface area contributed by atoms with Crippen molar-refractivity contribution in [2.24, 2.45) is 0 Å². The van der Waals surface area contributed by atoms with E-state index in [2.05, 4.69) is 20.3 Å². The number of hydrogen-bond donors (Lipinski definition) is 3. The Morgan fingerprint density at radius 2 is 2.12 bits per heavy atom. The van der Waals surface area contributed by atoms with Crippen LogP contribution in [-0.2, 0) is 0 Å². The Labute approximate surface area is 102 Å². The van der Waals surface area contributed by atoms with Gasteiger partial charge in [0.1, 0.15) is 17.0 Å². The number of aliphatic hydroxyl groups is 2. The summed E-state index contributed by atoms with van der Waals surface area (Å²) in [7, 11) is 0. The first-order valence-electron chi connectivity index (χ1n) is 4.72. The molecule has 0 atom stereocenters. The predicted octanol–water partition coefficient (Wildman–Crippen LogP) is 1.25. The summed E-state index contributed by atoms with van der Waals surface area (Å²) in [6, 6.07) is 3.53. The monoisotopic (exact) mass is 252 g/mol. The minimum absolute atomic E-state index is 0.0481. The average Bonchev–Trinajstić information content (AvgIpc) is 2.33. The molecule has 0 unspecified atom stereocenters. The van der Waals surface area contributed by atoms with Crippen LogP contribution in [0.1, 0.15) is 12.0 Å². The highest BCUT2D eigenvalue weighted by molar-refractivity contribution is 6.33. The fourth-order valence-electron chi connectivity index (χ4n) is 1.22. The van der Waals surface area contributed by atoms with Crippen molar-refractivity contribution in [2.75, 3.05) is 5.32 Å². The van der Waals surface area contributed by atoms with Crippen molar-refractivity contribution in [3.63, 3.8) is 0 Å². The highest BCUT2D eigenvalue weighted by Crippen LogP contribution is 2.27. The Morgan fingerprint density at radius 3 is 2.76 bits per heavy atom. The summed E-state index contributed by atoms with van der Waals surface area (Å²) in [5.41, 5.74) is 0.638. The Hall–Kier alpha value is -1.76. The van der Waals surface area contributed by atoms with Gasteiger partial charge in [-0.1, -0.05) is 11.6 Å². The Kier molecular flexibility index (Phi) is 3.48. The summed E-state index contributed by atoms with van der Waals surface area (Å²) in [5, 5.41) is 21.0. The number of anilines is 2. The van der Waals surface area contributed by atoms with Crippen molar-refractivity contribution in [3.05, 3.63) is 41.6 Å². The Bertz CT molecular complexity index is 507. The Morgan fingerprint density at radius 1 is 1.29 bits per heavy atom. The molecule has 3 N–H and O–H groups in total. The van der Waals surface area contributed by atoms with Crippen molar-refractivity contribution >= 4 is 23.1 Å². The normalized spacial score (nSPS) is 10.6. The molecule has 2 aromatic heterocycles. The molecular weight excluding hydrogens is 244 g/mol. The number of nitrogens with one attached hydrogen (secondary N) is 1. The van der Waals surface area contributed by atoms with Gasteiger partial charge in [0, 0.05) is 6.20 Å². The maximum Gasteiger partial charge on any atom is 0.197 e. The molecule has 17 heavy (non-hydrogen) atoms. The van der Waals surface area contributed by atoms with Crippen LogP contribution in [-0.4, -0.2) is 25.2 Å². The molecule has 0 aliphatic rings. The molecule has 2 heterocycles. The molecule has 2 aromatic rings. The van der Waals surface area contributed by atoms with Crippen LogP contribution in [0.5, 0.6) is 0 Å².